The van der Waals surface area contributed by atoms with E-state index in [1.807, 2.05) is 72.8 Å². The standard InChI is InChI=1S/C26H23ClNO3/c1-29-26(30-2,21-12-14-22(27)15-13-21)17-20-8-4-6-10-25(20)31-18-23-16-11-19-7-3-5-9-24(19)28-23/h3-7,9-16H,17-18H2,1-2H3. The first-order valence-corrected chi connectivity index (χ1v) is 10.3. The molecule has 31 heavy (non-hydrogen) atoms. The lowest BCUT2D eigenvalue weighted by atomic mass is 9.96. The van der Waals surface area contributed by atoms with Crippen LogP contribution in [0.15, 0.2) is 78.9 Å². The third-order valence-electron chi connectivity index (χ3n) is 5.28. The van der Waals surface area contributed by atoms with Crippen molar-refractivity contribution in [2.75, 3.05) is 14.2 Å². The fourth-order valence-corrected chi connectivity index (χ4v) is 3.70. The Bertz CT molecular complexity index is 1160. The van der Waals surface area contributed by atoms with Crippen molar-refractivity contribution in [2.24, 2.45) is 0 Å². The largest absolute Gasteiger partial charge is 0.487 e. The van der Waals surface area contributed by atoms with Gasteiger partial charge >= 0.3 is 0 Å². The van der Waals surface area contributed by atoms with Crippen LogP contribution in [0.5, 0.6) is 5.75 Å². The van der Waals surface area contributed by atoms with Gasteiger partial charge in [-0.2, -0.15) is 0 Å². The van der Waals surface area contributed by atoms with Gasteiger partial charge in [0.1, 0.15) is 12.4 Å². The van der Waals surface area contributed by atoms with Gasteiger partial charge in [0.05, 0.1) is 11.2 Å². The van der Waals surface area contributed by atoms with Gasteiger partial charge < -0.3 is 14.2 Å². The van der Waals surface area contributed by atoms with Gasteiger partial charge in [-0.3, -0.25) is 0 Å². The van der Waals surface area contributed by atoms with Gasteiger partial charge in [0.15, 0.2) is 5.79 Å². The van der Waals surface area contributed by atoms with Crippen LogP contribution in [0.3, 0.4) is 0 Å². The minimum absolute atomic E-state index is 0.351. The summed E-state index contributed by atoms with van der Waals surface area (Å²) in [4.78, 5) is 4.69. The van der Waals surface area contributed by atoms with E-state index in [1.54, 1.807) is 14.2 Å². The molecule has 1 heterocycles. The molecule has 4 aromatic rings. The normalized spacial score (nSPS) is 11.6. The highest BCUT2D eigenvalue weighted by Crippen LogP contribution is 2.34. The lowest BCUT2D eigenvalue weighted by Crippen LogP contribution is -2.33. The molecule has 5 heteroatoms. The van der Waals surface area contributed by atoms with Crippen LogP contribution in [-0.4, -0.2) is 19.2 Å². The lowest BCUT2D eigenvalue weighted by molar-refractivity contribution is -0.215. The predicted molar refractivity (Wildman–Crippen MR) is 122 cm³/mol. The van der Waals surface area contributed by atoms with E-state index in [-0.39, 0.29) is 0 Å². The third kappa shape index (κ3) is 4.72. The highest BCUT2D eigenvalue weighted by molar-refractivity contribution is 6.30. The Labute approximate surface area is 187 Å². The van der Waals surface area contributed by atoms with Crippen molar-refractivity contribution in [2.45, 2.75) is 18.8 Å². The van der Waals surface area contributed by atoms with Gasteiger partial charge in [-0.15, -0.1) is 0 Å². The van der Waals surface area contributed by atoms with Crippen LogP contribution in [0.4, 0.5) is 0 Å². The zero-order chi connectivity index (χ0) is 21.7. The molecule has 0 aliphatic carbocycles. The van der Waals surface area contributed by atoms with Crippen molar-refractivity contribution in [1.29, 1.82) is 0 Å². The second-order valence-corrected chi connectivity index (χ2v) is 7.58. The molecule has 0 spiro atoms. The molecular formula is C26H23ClNO3. The number of halogens is 1. The number of fused-ring (bicyclic) bond motifs is 1. The van der Waals surface area contributed by atoms with Crippen molar-refractivity contribution in [1.82, 2.24) is 4.98 Å². The number of pyridine rings is 1. The van der Waals surface area contributed by atoms with Crippen molar-refractivity contribution < 1.29 is 14.2 Å². The maximum Gasteiger partial charge on any atom is 0.198 e. The average molecular weight is 433 g/mol. The monoisotopic (exact) mass is 432 g/mol. The van der Waals surface area contributed by atoms with Crippen LogP contribution in [0.1, 0.15) is 16.8 Å². The Balaban J connectivity index is 1.57. The molecule has 4 rings (SSSR count). The molecule has 3 aromatic carbocycles. The van der Waals surface area contributed by atoms with Crippen molar-refractivity contribution in [3.8, 4) is 5.75 Å². The number of methoxy groups -OCH3 is 2. The summed E-state index contributed by atoms with van der Waals surface area (Å²) in [7, 11) is 3.25. The van der Waals surface area contributed by atoms with Gasteiger partial charge in [-0.25, -0.2) is 4.98 Å². The molecule has 157 valence electrons. The first kappa shape index (κ1) is 21.3. The molecular weight excluding hydrogens is 410 g/mol. The summed E-state index contributed by atoms with van der Waals surface area (Å²) in [5.74, 6) is -0.272. The van der Waals surface area contributed by atoms with E-state index in [0.29, 0.717) is 23.8 Å². The highest BCUT2D eigenvalue weighted by Gasteiger charge is 2.33. The van der Waals surface area contributed by atoms with Crippen LogP contribution in [-0.2, 0) is 28.3 Å². The second kappa shape index (κ2) is 9.48. The summed E-state index contributed by atoms with van der Waals surface area (Å²) in [6, 6.07) is 28.5. The first-order valence-electron chi connectivity index (χ1n) is 9.97. The maximum atomic E-state index is 6.14. The minimum Gasteiger partial charge on any atom is -0.487 e. The van der Waals surface area contributed by atoms with Gasteiger partial charge in [-0.05, 0) is 36.4 Å². The smallest absolute Gasteiger partial charge is 0.198 e. The molecule has 0 bridgehead atoms. The van der Waals surface area contributed by atoms with E-state index < -0.39 is 5.79 Å². The quantitative estimate of drug-likeness (QED) is 0.322. The Morgan fingerprint density at radius 3 is 2.45 bits per heavy atom. The summed E-state index contributed by atoms with van der Waals surface area (Å²) in [6.07, 6.45) is 0.420. The molecule has 0 saturated heterocycles. The third-order valence-corrected chi connectivity index (χ3v) is 5.54. The molecule has 0 aliphatic rings. The van der Waals surface area contributed by atoms with Gasteiger partial charge in [0.2, 0.25) is 0 Å². The van der Waals surface area contributed by atoms with Gasteiger partial charge in [0.25, 0.3) is 0 Å². The van der Waals surface area contributed by atoms with Crippen molar-refractivity contribution in [3.63, 3.8) is 0 Å². The van der Waals surface area contributed by atoms with E-state index in [4.69, 9.17) is 25.8 Å². The number of rotatable bonds is 8. The molecule has 0 saturated carbocycles. The molecule has 0 unspecified atom stereocenters. The van der Waals surface area contributed by atoms with E-state index in [0.717, 1.165) is 27.7 Å². The SMILES string of the molecule is COC(Cc1[c]cccc1OCc1ccc2ccccc2n1)(OC)c1ccc(Cl)cc1. The Morgan fingerprint density at radius 2 is 1.68 bits per heavy atom. The van der Waals surface area contributed by atoms with Gasteiger partial charge in [0, 0.05) is 42.2 Å². The Kier molecular flexibility index (Phi) is 6.52. The summed E-state index contributed by atoms with van der Waals surface area (Å²) >= 11 is 6.06. The Morgan fingerprint density at radius 1 is 0.903 bits per heavy atom. The van der Waals surface area contributed by atoms with E-state index >= 15 is 0 Å². The molecule has 0 amide bonds. The number of hydrogen-bond donors (Lipinski definition) is 0. The summed E-state index contributed by atoms with van der Waals surface area (Å²) in [5, 5.41) is 1.76. The van der Waals surface area contributed by atoms with Crippen molar-refractivity contribution in [3.05, 3.63) is 107 Å². The van der Waals surface area contributed by atoms with E-state index in [1.165, 1.54) is 0 Å². The molecule has 1 radical (unpaired) electrons. The van der Waals surface area contributed by atoms with Crippen LogP contribution in [0.25, 0.3) is 10.9 Å². The number of ether oxygens (including phenoxy) is 3. The number of para-hydroxylation sites is 1. The van der Waals surface area contributed by atoms with Crippen LogP contribution in [0.2, 0.25) is 5.02 Å². The zero-order valence-corrected chi connectivity index (χ0v) is 18.2. The van der Waals surface area contributed by atoms with Crippen LogP contribution >= 0.6 is 11.6 Å². The summed E-state index contributed by atoms with van der Waals surface area (Å²) in [6.45, 7) is 0.351. The van der Waals surface area contributed by atoms with Crippen molar-refractivity contribution >= 4 is 22.5 Å². The zero-order valence-electron chi connectivity index (χ0n) is 17.5. The number of benzene rings is 3. The molecule has 0 fully saturated rings. The van der Waals surface area contributed by atoms with Crippen LogP contribution < -0.4 is 4.74 Å². The number of aromatic nitrogens is 1. The first-order chi connectivity index (χ1) is 15.1. The maximum absolute atomic E-state index is 6.14. The number of hydrogen-bond acceptors (Lipinski definition) is 4. The second-order valence-electron chi connectivity index (χ2n) is 7.14. The molecule has 0 atom stereocenters. The van der Waals surface area contributed by atoms with E-state index in [2.05, 4.69) is 17.1 Å². The molecule has 0 aliphatic heterocycles. The fourth-order valence-electron chi connectivity index (χ4n) is 3.57. The van der Waals surface area contributed by atoms with Gasteiger partial charge in [-0.1, -0.05) is 60.1 Å². The summed E-state index contributed by atoms with van der Waals surface area (Å²) in [5.41, 5.74) is 3.52. The predicted octanol–water partition coefficient (Wildman–Crippen LogP) is 5.96. The molecule has 0 N–H and O–H groups in total. The minimum atomic E-state index is -0.984. The topological polar surface area (TPSA) is 40.6 Å². The lowest BCUT2D eigenvalue weighted by Gasteiger charge is -2.32. The highest BCUT2D eigenvalue weighted by atomic mass is 35.5. The van der Waals surface area contributed by atoms with Crippen LogP contribution in [0, 0.1) is 6.07 Å². The van der Waals surface area contributed by atoms with E-state index in [9.17, 15) is 0 Å². The number of nitrogens with zero attached hydrogens (tertiary/aromatic N) is 1. The molecule has 4 nitrogen and oxygen atoms in total. The fraction of sp³-hybridized carbons (Fsp3) is 0.192. The summed E-state index contributed by atoms with van der Waals surface area (Å²) < 4.78 is 17.8. The molecule has 1 aromatic heterocycles. The Hall–Kier alpha value is -2.92. The average Bonchev–Trinajstić information content (AvgIpc) is 2.82.